The van der Waals surface area contributed by atoms with Crippen LogP contribution in [0.15, 0.2) is 30.3 Å². The summed E-state index contributed by atoms with van der Waals surface area (Å²) in [7, 11) is 0. The number of phenolic OH excluding ortho intramolecular Hbond substituents is 2. The van der Waals surface area contributed by atoms with E-state index in [-0.39, 0.29) is 11.3 Å². The quantitative estimate of drug-likeness (QED) is 0.406. The van der Waals surface area contributed by atoms with Gasteiger partial charge in [0.1, 0.15) is 11.5 Å². The van der Waals surface area contributed by atoms with Crippen LogP contribution in [0.5, 0.6) is 11.5 Å². The maximum absolute atomic E-state index is 12.3. The molecule has 0 heterocycles. The third-order valence-corrected chi connectivity index (χ3v) is 3.50. The number of amides is 1. The molecule has 0 radical (unpaired) electrons. The molecule has 0 aliphatic carbocycles. The van der Waals surface area contributed by atoms with Gasteiger partial charge in [-0.25, -0.2) is 9.59 Å². The van der Waals surface area contributed by atoms with E-state index in [1.807, 2.05) is 0 Å². The number of carbonyl (C=O) groups is 4. The van der Waals surface area contributed by atoms with E-state index in [1.165, 1.54) is 0 Å². The molecule has 0 saturated heterocycles. The van der Waals surface area contributed by atoms with Crippen molar-refractivity contribution < 1.29 is 44.7 Å². The summed E-state index contributed by atoms with van der Waals surface area (Å²) in [6, 6.07) is 4.94. The van der Waals surface area contributed by atoms with Crippen molar-refractivity contribution in [2.24, 2.45) is 0 Å². The average molecular weight is 375 g/mol. The van der Waals surface area contributed by atoms with Gasteiger partial charge in [-0.1, -0.05) is 0 Å². The SMILES string of the molecule is O=C(O)Cc1cc(O)cc(C(=O)Nc2ccc(C(=O)O)c(C(=O)O)c2)c1O. The van der Waals surface area contributed by atoms with Crippen LogP contribution in [-0.4, -0.2) is 49.3 Å². The van der Waals surface area contributed by atoms with Crippen LogP contribution < -0.4 is 5.32 Å². The van der Waals surface area contributed by atoms with Crippen molar-refractivity contribution >= 4 is 29.5 Å². The molecule has 0 aromatic heterocycles. The number of carboxylic acid groups (broad SMARTS) is 3. The van der Waals surface area contributed by atoms with Gasteiger partial charge in [0.05, 0.1) is 23.1 Å². The first kappa shape index (κ1) is 19.2. The minimum Gasteiger partial charge on any atom is -0.508 e. The van der Waals surface area contributed by atoms with Crippen molar-refractivity contribution in [2.45, 2.75) is 6.42 Å². The molecule has 0 saturated carbocycles. The minimum atomic E-state index is -1.52. The summed E-state index contributed by atoms with van der Waals surface area (Å²) in [6.45, 7) is 0. The Balaban J connectivity index is 2.39. The number of rotatable bonds is 6. The molecule has 10 nitrogen and oxygen atoms in total. The first-order chi connectivity index (χ1) is 12.6. The number of carbonyl (C=O) groups excluding carboxylic acids is 1. The van der Waals surface area contributed by atoms with Gasteiger partial charge in [0.25, 0.3) is 5.91 Å². The molecule has 0 atom stereocenters. The zero-order valence-electron chi connectivity index (χ0n) is 13.5. The Bertz CT molecular complexity index is 965. The number of aliphatic carboxylic acids is 1. The highest BCUT2D eigenvalue weighted by atomic mass is 16.4. The van der Waals surface area contributed by atoms with Gasteiger partial charge in [-0.05, 0) is 30.3 Å². The van der Waals surface area contributed by atoms with E-state index < -0.39 is 58.4 Å². The Morgan fingerprint density at radius 2 is 1.44 bits per heavy atom. The van der Waals surface area contributed by atoms with E-state index in [0.717, 1.165) is 30.3 Å². The summed E-state index contributed by atoms with van der Waals surface area (Å²) in [4.78, 5) is 45.3. The Labute approximate surface area is 150 Å². The Morgan fingerprint density at radius 1 is 0.815 bits per heavy atom. The zero-order valence-corrected chi connectivity index (χ0v) is 13.5. The lowest BCUT2D eigenvalue weighted by Gasteiger charge is -2.11. The predicted molar refractivity (Wildman–Crippen MR) is 89.4 cm³/mol. The van der Waals surface area contributed by atoms with Gasteiger partial charge in [0, 0.05) is 11.3 Å². The Morgan fingerprint density at radius 3 is 2.00 bits per heavy atom. The highest BCUT2D eigenvalue weighted by Gasteiger charge is 2.20. The number of hydrogen-bond donors (Lipinski definition) is 6. The van der Waals surface area contributed by atoms with Crippen LogP contribution in [0.1, 0.15) is 36.6 Å². The molecule has 0 aliphatic rings. The van der Waals surface area contributed by atoms with Crippen LogP contribution in [0.3, 0.4) is 0 Å². The molecule has 0 fully saturated rings. The Kier molecular flexibility index (Phi) is 5.30. The third-order valence-electron chi connectivity index (χ3n) is 3.50. The van der Waals surface area contributed by atoms with Crippen LogP contribution in [0.4, 0.5) is 5.69 Å². The van der Waals surface area contributed by atoms with E-state index in [0.29, 0.717) is 0 Å². The summed E-state index contributed by atoms with van der Waals surface area (Å²) in [6.07, 6.45) is -0.642. The van der Waals surface area contributed by atoms with Crippen molar-refractivity contribution in [3.8, 4) is 11.5 Å². The smallest absolute Gasteiger partial charge is 0.336 e. The van der Waals surface area contributed by atoms with Gasteiger partial charge < -0.3 is 30.8 Å². The summed E-state index contributed by atoms with van der Waals surface area (Å²) < 4.78 is 0. The third kappa shape index (κ3) is 4.31. The number of benzene rings is 2. The highest BCUT2D eigenvalue weighted by Crippen LogP contribution is 2.29. The van der Waals surface area contributed by atoms with E-state index >= 15 is 0 Å². The molecular formula is C17H13NO9. The molecule has 0 aliphatic heterocycles. The van der Waals surface area contributed by atoms with Gasteiger partial charge in [-0.3, -0.25) is 9.59 Å². The van der Waals surface area contributed by atoms with Crippen molar-refractivity contribution in [1.29, 1.82) is 0 Å². The number of aromatic carboxylic acids is 2. The molecule has 6 N–H and O–H groups in total. The molecule has 2 aromatic carbocycles. The van der Waals surface area contributed by atoms with Crippen LogP contribution in [0, 0.1) is 0 Å². The number of carboxylic acids is 3. The Hall–Kier alpha value is -4.08. The molecule has 0 spiro atoms. The van der Waals surface area contributed by atoms with Crippen LogP contribution in [-0.2, 0) is 11.2 Å². The van der Waals surface area contributed by atoms with E-state index in [1.54, 1.807) is 0 Å². The molecule has 0 unspecified atom stereocenters. The maximum atomic E-state index is 12.3. The first-order valence-corrected chi connectivity index (χ1v) is 7.28. The largest absolute Gasteiger partial charge is 0.508 e. The lowest BCUT2D eigenvalue weighted by molar-refractivity contribution is -0.136. The first-order valence-electron chi connectivity index (χ1n) is 7.28. The molecule has 2 rings (SSSR count). The minimum absolute atomic E-state index is 0.0788. The molecule has 27 heavy (non-hydrogen) atoms. The number of hydrogen-bond acceptors (Lipinski definition) is 6. The van der Waals surface area contributed by atoms with Crippen molar-refractivity contribution in [3.63, 3.8) is 0 Å². The zero-order chi connectivity index (χ0) is 20.3. The standard InChI is InChI=1S/C17H13NO9/c19-9-3-7(4-13(20)21)14(22)12(6-9)15(23)18-8-1-2-10(16(24)25)11(5-8)17(26)27/h1-3,5-6,19,22H,4H2,(H,18,23)(H,20,21)(H,24,25)(H,26,27). The second kappa shape index (κ2) is 7.44. The van der Waals surface area contributed by atoms with E-state index in [2.05, 4.69) is 5.32 Å². The second-order valence-electron chi connectivity index (χ2n) is 5.40. The molecular weight excluding hydrogens is 362 g/mol. The topological polar surface area (TPSA) is 181 Å². The van der Waals surface area contributed by atoms with Gasteiger partial charge in [0.2, 0.25) is 0 Å². The number of phenols is 2. The average Bonchev–Trinajstić information content (AvgIpc) is 2.56. The summed E-state index contributed by atoms with van der Waals surface area (Å²) in [5.41, 5.74) is -1.76. The lowest BCUT2D eigenvalue weighted by atomic mass is 10.0. The lowest BCUT2D eigenvalue weighted by Crippen LogP contribution is -2.15. The summed E-state index contributed by atoms with van der Waals surface area (Å²) >= 11 is 0. The van der Waals surface area contributed by atoms with E-state index in [4.69, 9.17) is 15.3 Å². The summed E-state index contributed by atoms with van der Waals surface area (Å²) in [5.74, 6) is -6.36. The number of aromatic hydroxyl groups is 2. The van der Waals surface area contributed by atoms with Crippen molar-refractivity contribution in [1.82, 2.24) is 0 Å². The molecule has 140 valence electrons. The fourth-order valence-electron chi connectivity index (χ4n) is 2.33. The molecule has 0 bridgehead atoms. The van der Waals surface area contributed by atoms with E-state index in [9.17, 15) is 29.4 Å². The van der Waals surface area contributed by atoms with Crippen LogP contribution >= 0.6 is 0 Å². The van der Waals surface area contributed by atoms with Crippen LogP contribution in [0.25, 0.3) is 0 Å². The molecule has 2 aromatic rings. The fourth-order valence-corrected chi connectivity index (χ4v) is 2.33. The van der Waals surface area contributed by atoms with Gasteiger partial charge in [-0.15, -0.1) is 0 Å². The number of anilines is 1. The van der Waals surface area contributed by atoms with Gasteiger partial charge >= 0.3 is 17.9 Å². The summed E-state index contributed by atoms with van der Waals surface area (Å²) in [5, 5.41) is 48.8. The van der Waals surface area contributed by atoms with Gasteiger partial charge in [-0.2, -0.15) is 0 Å². The van der Waals surface area contributed by atoms with Crippen molar-refractivity contribution in [2.75, 3.05) is 5.32 Å². The molecule has 10 heteroatoms. The van der Waals surface area contributed by atoms with Crippen molar-refractivity contribution in [3.05, 3.63) is 52.6 Å². The monoisotopic (exact) mass is 375 g/mol. The highest BCUT2D eigenvalue weighted by molar-refractivity contribution is 6.08. The molecule has 1 amide bonds. The van der Waals surface area contributed by atoms with Crippen LogP contribution in [0.2, 0.25) is 0 Å². The maximum Gasteiger partial charge on any atom is 0.336 e. The predicted octanol–water partition coefficient (Wildman–Crippen LogP) is 1.37. The fraction of sp³-hybridized carbons (Fsp3) is 0.0588. The van der Waals surface area contributed by atoms with Gasteiger partial charge in [0.15, 0.2) is 0 Å². The second-order valence-corrected chi connectivity index (χ2v) is 5.40. The number of nitrogens with one attached hydrogen (secondary N) is 1. The normalized spacial score (nSPS) is 10.2.